The van der Waals surface area contributed by atoms with Crippen LogP contribution in [-0.4, -0.2) is 44.2 Å². The van der Waals surface area contributed by atoms with Gasteiger partial charge in [0.1, 0.15) is 5.75 Å². The van der Waals surface area contributed by atoms with E-state index in [9.17, 15) is 0 Å². The first kappa shape index (κ1) is 16.8. The maximum absolute atomic E-state index is 6.09. The second-order valence-electron chi connectivity index (χ2n) is 6.11. The molecule has 2 aromatic carbocycles. The number of nitrogens with zero attached hydrogens (tertiary/aromatic N) is 2. The Kier molecular flexibility index (Phi) is 5.72. The Bertz CT molecular complexity index is 607. The van der Waals surface area contributed by atoms with E-state index in [1.165, 1.54) is 11.3 Å². The number of benzene rings is 2. The highest BCUT2D eigenvalue weighted by molar-refractivity contribution is 5.46. The number of nitrogens with two attached hydrogens (primary N) is 1. The number of hydrogen-bond donors (Lipinski definition) is 1. The molecule has 3 rings (SSSR count). The van der Waals surface area contributed by atoms with E-state index in [-0.39, 0.29) is 6.04 Å². The number of piperazine rings is 1. The Morgan fingerprint density at radius 2 is 1.62 bits per heavy atom. The van der Waals surface area contributed by atoms with Crippen molar-refractivity contribution in [1.29, 1.82) is 0 Å². The number of rotatable bonds is 6. The van der Waals surface area contributed by atoms with Gasteiger partial charge in [0, 0.05) is 44.5 Å². The molecule has 4 nitrogen and oxygen atoms in total. The number of hydrogen-bond acceptors (Lipinski definition) is 4. The molecule has 1 saturated heterocycles. The van der Waals surface area contributed by atoms with E-state index in [2.05, 4.69) is 52.3 Å². The molecule has 0 aliphatic carbocycles. The van der Waals surface area contributed by atoms with Crippen LogP contribution in [0.5, 0.6) is 5.75 Å². The average Bonchev–Trinajstić information content (AvgIpc) is 2.65. The van der Waals surface area contributed by atoms with Crippen LogP contribution in [-0.2, 0) is 0 Å². The molecule has 0 saturated carbocycles. The summed E-state index contributed by atoms with van der Waals surface area (Å²) in [6.45, 7) is 7.48. The molecular formula is C20H27N3O. The molecule has 1 atom stereocenters. The van der Waals surface area contributed by atoms with E-state index in [4.69, 9.17) is 10.5 Å². The zero-order valence-electron chi connectivity index (χ0n) is 14.4. The van der Waals surface area contributed by atoms with Crippen LogP contribution < -0.4 is 15.4 Å². The van der Waals surface area contributed by atoms with Crippen LogP contribution in [0.4, 0.5) is 5.69 Å². The van der Waals surface area contributed by atoms with Crippen LogP contribution in [0.25, 0.3) is 0 Å². The Hall–Kier alpha value is -2.04. The van der Waals surface area contributed by atoms with Crippen LogP contribution in [0.2, 0.25) is 0 Å². The Morgan fingerprint density at radius 1 is 0.958 bits per heavy atom. The van der Waals surface area contributed by atoms with Crippen molar-refractivity contribution in [2.45, 2.75) is 13.0 Å². The zero-order valence-corrected chi connectivity index (χ0v) is 14.4. The number of ether oxygens (including phenoxy) is 1. The van der Waals surface area contributed by atoms with Gasteiger partial charge in [0.2, 0.25) is 0 Å². The minimum absolute atomic E-state index is 0.276. The van der Waals surface area contributed by atoms with Gasteiger partial charge in [0.15, 0.2) is 0 Å². The van der Waals surface area contributed by atoms with Gasteiger partial charge >= 0.3 is 0 Å². The Labute approximate surface area is 144 Å². The summed E-state index contributed by atoms with van der Waals surface area (Å²) in [6.07, 6.45) is 0. The van der Waals surface area contributed by atoms with Gasteiger partial charge in [-0.15, -0.1) is 0 Å². The van der Waals surface area contributed by atoms with Gasteiger partial charge < -0.3 is 15.4 Å². The molecule has 0 radical (unpaired) electrons. The fourth-order valence-electron chi connectivity index (χ4n) is 3.38. The summed E-state index contributed by atoms with van der Waals surface area (Å²) in [5, 5.41) is 0. The topological polar surface area (TPSA) is 41.7 Å². The average molecular weight is 325 g/mol. The summed E-state index contributed by atoms with van der Waals surface area (Å²) < 4.78 is 5.53. The quantitative estimate of drug-likeness (QED) is 0.887. The molecule has 24 heavy (non-hydrogen) atoms. The fraction of sp³-hybridized carbons (Fsp3) is 0.400. The molecule has 0 aromatic heterocycles. The van der Waals surface area contributed by atoms with Crippen LogP contribution >= 0.6 is 0 Å². The monoisotopic (exact) mass is 325 g/mol. The van der Waals surface area contributed by atoms with Crippen molar-refractivity contribution in [3.8, 4) is 5.75 Å². The van der Waals surface area contributed by atoms with Crippen LogP contribution in [0.15, 0.2) is 54.6 Å². The van der Waals surface area contributed by atoms with E-state index in [0.717, 1.165) is 31.9 Å². The predicted octanol–water partition coefficient (Wildman–Crippen LogP) is 2.91. The van der Waals surface area contributed by atoms with E-state index < -0.39 is 0 Å². The van der Waals surface area contributed by atoms with Crippen molar-refractivity contribution >= 4 is 5.69 Å². The first-order valence-corrected chi connectivity index (χ1v) is 8.78. The highest BCUT2D eigenvalue weighted by atomic mass is 16.5. The zero-order chi connectivity index (χ0) is 16.8. The molecule has 4 heteroatoms. The molecule has 1 aliphatic rings. The van der Waals surface area contributed by atoms with Crippen molar-refractivity contribution in [3.05, 3.63) is 60.2 Å². The number of para-hydroxylation sites is 1. The lowest BCUT2D eigenvalue weighted by atomic mass is 10.0. The first-order chi connectivity index (χ1) is 11.8. The van der Waals surface area contributed by atoms with E-state index >= 15 is 0 Å². The van der Waals surface area contributed by atoms with E-state index in [1.54, 1.807) is 0 Å². The van der Waals surface area contributed by atoms with Gasteiger partial charge in [-0.2, -0.15) is 0 Å². The van der Waals surface area contributed by atoms with Gasteiger partial charge in [0.05, 0.1) is 6.61 Å². The predicted molar refractivity (Wildman–Crippen MR) is 99.6 cm³/mol. The van der Waals surface area contributed by atoms with Crippen molar-refractivity contribution < 1.29 is 4.74 Å². The Balaban J connectivity index is 1.63. The smallest absolute Gasteiger partial charge is 0.119 e. The van der Waals surface area contributed by atoms with Gasteiger partial charge in [-0.3, -0.25) is 4.90 Å². The maximum Gasteiger partial charge on any atom is 0.119 e. The molecule has 1 aliphatic heterocycles. The summed E-state index contributed by atoms with van der Waals surface area (Å²) in [7, 11) is 0. The maximum atomic E-state index is 6.09. The van der Waals surface area contributed by atoms with Gasteiger partial charge in [-0.05, 0) is 36.8 Å². The van der Waals surface area contributed by atoms with Crippen molar-refractivity contribution in [2.75, 3.05) is 44.2 Å². The molecule has 1 unspecified atom stereocenters. The molecule has 0 spiro atoms. The largest absolute Gasteiger partial charge is 0.494 e. The second kappa shape index (κ2) is 8.18. The van der Waals surface area contributed by atoms with E-state index in [0.29, 0.717) is 13.2 Å². The lowest BCUT2D eigenvalue weighted by Gasteiger charge is -2.40. The summed E-state index contributed by atoms with van der Waals surface area (Å²) in [6, 6.07) is 19.3. The van der Waals surface area contributed by atoms with Gasteiger partial charge in [-0.1, -0.05) is 30.3 Å². The summed E-state index contributed by atoms with van der Waals surface area (Å²) in [4.78, 5) is 4.94. The Morgan fingerprint density at radius 3 is 2.21 bits per heavy atom. The van der Waals surface area contributed by atoms with Crippen molar-refractivity contribution in [2.24, 2.45) is 5.73 Å². The lowest BCUT2D eigenvalue weighted by molar-refractivity contribution is 0.190. The molecular weight excluding hydrogens is 298 g/mol. The SMILES string of the molecule is CCOc1ccc(C(CN)N2CCN(c3ccccc3)CC2)cc1. The third-order valence-corrected chi connectivity index (χ3v) is 4.68. The van der Waals surface area contributed by atoms with Crippen molar-refractivity contribution in [3.63, 3.8) is 0 Å². The normalized spacial score (nSPS) is 16.8. The highest BCUT2D eigenvalue weighted by Crippen LogP contribution is 2.25. The molecule has 0 bridgehead atoms. The second-order valence-corrected chi connectivity index (χ2v) is 6.11. The molecule has 128 valence electrons. The molecule has 0 amide bonds. The molecule has 2 aromatic rings. The lowest BCUT2D eigenvalue weighted by Crippen LogP contribution is -2.49. The summed E-state index contributed by atoms with van der Waals surface area (Å²) in [5.41, 5.74) is 8.67. The van der Waals surface area contributed by atoms with Crippen LogP contribution in [0, 0.1) is 0 Å². The fourth-order valence-corrected chi connectivity index (χ4v) is 3.38. The summed E-state index contributed by atoms with van der Waals surface area (Å²) in [5.74, 6) is 0.922. The summed E-state index contributed by atoms with van der Waals surface area (Å²) >= 11 is 0. The molecule has 2 N–H and O–H groups in total. The minimum atomic E-state index is 0.276. The highest BCUT2D eigenvalue weighted by Gasteiger charge is 2.24. The van der Waals surface area contributed by atoms with E-state index in [1.807, 2.05) is 19.1 Å². The molecule has 1 heterocycles. The first-order valence-electron chi connectivity index (χ1n) is 8.78. The van der Waals surface area contributed by atoms with Gasteiger partial charge in [-0.25, -0.2) is 0 Å². The third-order valence-electron chi connectivity index (χ3n) is 4.68. The third kappa shape index (κ3) is 3.89. The molecule has 1 fully saturated rings. The van der Waals surface area contributed by atoms with Crippen LogP contribution in [0.1, 0.15) is 18.5 Å². The van der Waals surface area contributed by atoms with Gasteiger partial charge in [0.25, 0.3) is 0 Å². The minimum Gasteiger partial charge on any atom is -0.494 e. The standard InChI is InChI=1S/C20H27N3O/c1-2-24-19-10-8-17(9-11-19)20(16-21)23-14-12-22(13-15-23)18-6-4-3-5-7-18/h3-11,20H,2,12-16,21H2,1H3. The van der Waals surface area contributed by atoms with Crippen molar-refractivity contribution in [1.82, 2.24) is 4.90 Å². The number of anilines is 1. The van der Waals surface area contributed by atoms with Crippen LogP contribution in [0.3, 0.4) is 0 Å².